The number of hydrogen-bond donors (Lipinski definition) is 3. The van der Waals surface area contributed by atoms with E-state index >= 15 is 0 Å². The zero-order valence-corrected chi connectivity index (χ0v) is 23.8. The second kappa shape index (κ2) is 13.9. The largest absolute Gasteiger partial charge is 0.462 e. The maximum Gasteiger partial charge on any atom is 0.350 e. The summed E-state index contributed by atoms with van der Waals surface area (Å²) in [6.45, 7) is 9.14. The second-order valence-electron chi connectivity index (χ2n) is 8.74. The summed E-state index contributed by atoms with van der Waals surface area (Å²) in [5.41, 5.74) is 0.710. The third-order valence-electron chi connectivity index (χ3n) is 5.91. The maximum absolute atomic E-state index is 12.9. The van der Waals surface area contributed by atoms with E-state index < -0.39 is 11.9 Å². The quantitative estimate of drug-likeness (QED) is 0.327. The molecule has 2 aromatic heterocycles. The number of nitrogens with zero attached hydrogens (tertiary/aromatic N) is 3. The average molecular weight is 571 g/mol. The average Bonchev–Trinajstić information content (AvgIpc) is 3.49. The van der Waals surface area contributed by atoms with Crippen LogP contribution in [0.1, 0.15) is 70.6 Å². The first kappa shape index (κ1) is 29.8. The molecule has 0 radical (unpaired) electrons. The molecule has 1 aliphatic rings. The van der Waals surface area contributed by atoms with Gasteiger partial charge in [-0.05, 0) is 33.6 Å². The highest BCUT2D eigenvalue weighted by molar-refractivity contribution is 7.17. The number of carbonyl (C=O) groups is 3. The fraction of sp³-hybridized carbons (Fsp3) is 0.625. The standard InChI is InChI=1S/C24H35ClN6O6S/c1-6-14-19(25)30-20(27-14)22(33)28-15-9-10-31(11-16(15)36-7-2)24-29-17(18(38-24)23(34)37-8-3)21(32)26-13(4)12-35-5/h13,15-16H,6-12H2,1-5H3,(H,26,32)(H,27,30)(H,28,33). The third-order valence-corrected chi connectivity index (χ3v) is 7.32. The predicted octanol–water partition coefficient (Wildman–Crippen LogP) is 2.44. The maximum atomic E-state index is 12.9. The molecular formula is C24H35ClN6O6S. The lowest BCUT2D eigenvalue weighted by molar-refractivity contribution is 0.0271. The number of hydrogen-bond acceptors (Lipinski definition) is 10. The van der Waals surface area contributed by atoms with Crippen LogP contribution in [0.15, 0.2) is 0 Å². The van der Waals surface area contributed by atoms with Gasteiger partial charge in [0.2, 0.25) is 0 Å². The van der Waals surface area contributed by atoms with Gasteiger partial charge in [-0.25, -0.2) is 14.8 Å². The minimum Gasteiger partial charge on any atom is -0.462 e. The Morgan fingerprint density at radius 2 is 1.97 bits per heavy atom. The van der Waals surface area contributed by atoms with E-state index in [0.717, 1.165) is 11.3 Å². The second-order valence-corrected chi connectivity index (χ2v) is 10.1. The zero-order valence-electron chi connectivity index (χ0n) is 22.3. The Morgan fingerprint density at radius 1 is 1.21 bits per heavy atom. The number of thiazole rings is 1. The van der Waals surface area contributed by atoms with E-state index in [0.29, 0.717) is 50.0 Å². The van der Waals surface area contributed by atoms with E-state index in [2.05, 4.69) is 25.6 Å². The lowest BCUT2D eigenvalue weighted by Crippen LogP contribution is -2.55. The van der Waals surface area contributed by atoms with Crippen molar-refractivity contribution < 1.29 is 28.6 Å². The van der Waals surface area contributed by atoms with Crippen LogP contribution in [0.5, 0.6) is 0 Å². The molecule has 3 N–H and O–H groups in total. The van der Waals surface area contributed by atoms with Crippen molar-refractivity contribution in [2.45, 2.75) is 58.7 Å². The van der Waals surface area contributed by atoms with E-state index in [1.54, 1.807) is 21.0 Å². The first-order chi connectivity index (χ1) is 18.2. The monoisotopic (exact) mass is 570 g/mol. The number of ether oxygens (including phenoxy) is 3. The van der Waals surface area contributed by atoms with E-state index in [-0.39, 0.29) is 52.3 Å². The number of rotatable bonds is 12. The van der Waals surface area contributed by atoms with Crippen LogP contribution >= 0.6 is 22.9 Å². The van der Waals surface area contributed by atoms with Gasteiger partial charge in [0.15, 0.2) is 21.8 Å². The Balaban J connectivity index is 1.78. The highest BCUT2D eigenvalue weighted by Gasteiger charge is 2.35. The molecule has 1 saturated heterocycles. The molecule has 2 aromatic rings. The Bertz CT molecular complexity index is 1120. The van der Waals surface area contributed by atoms with Crippen LogP contribution in [0.2, 0.25) is 5.15 Å². The molecule has 0 aliphatic carbocycles. The summed E-state index contributed by atoms with van der Waals surface area (Å²) < 4.78 is 16.2. The molecule has 12 nitrogen and oxygen atoms in total. The fourth-order valence-electron chi connectivity index (χ4n) is 4.12. The first-order valence-electron chi connectivity index (χ1n) is 12.6. The summed E-state index contributed by atoms with van der Waals surface area (Å²) in [6, 6.07) is -0.554. The van der Waals surface area contributed by atoms with Crippen molar-refractivity contribution >= 4 is 45.9 Å². The number of H-pyrrole nitrogens is 1. The smallest absolute Gasteiger partial charge is 0.350 e. The summed E-state index contributed by atoms with van der Waals surface area (Å²) in [5, 5.41) is 6.58. The molecule has 3 heterocycles. The number of aromatic amines is 1. The highest BCUT2D eigenvalue weighted by Crippen LogP contribution is 2.30. The molecular weight excluding hydrogens is 536 g/mol. The lowest BCUT2D eigenvalue weighted by Gasteiger charge is -2.38. The number of esters is 1. The molecule has 1 fully saturated rings. The number of methoxy groups -OCH3 is 1. The molecule has 0 aromatic carbocycles. The van der Waals surface area contributed by atoms with Crippen LogP contribution < -0.4 is 15.5 Å². The van der Waals surface area contributed by atoms with Gasteiger partial charge in [-0.15, -0.1) is 0 Å². The molecule has 0 spiro atoms. The van der Waals surface area contributed by atoms with E-state index in [4.69, 9.17) is 25.8 Å². The topological polar surface area (TPSA) is 148 Å². The summed E-state index contributed by atoms with van der Waals surface area (Å²) in [5.74, 6) is -1.29. The van der Waals surface area contributed by atoms with Crippen LogP contribution in [-0.2, 0) is 20.6 Å². The molecule has 3 unspecified atom stereocenters. The Kier molecular flexibility index (Phi) is 10.9. The van der Waals surface area contributed by atoms with Gasteiger partial charge in [0.25, 0.3) is 11.8 Å². The number of aryl methyl sites for hydroxylation is 1. The van der Waals surface area contributed by atoms with Gasteiger partial charge in [0, 0.05) is 32.8 Å². The highest BCUT2D eigenvalue weighted by atomic mass is 35.5. The molecule has 38 heavy (non-hydrogen) atoms. The van der Waals surface area contributed by atoms with Gasteiger partial charge >= 0.3 is 5.97 Å². The van der Waals surface area contributed by atoms with Crippen LogP contribution in [0.25, 0.3) is 0 Å². The van der Waals surface area contributed by atoms with Gasteiger partial charge in [-0.3, -0.25) is 9.59 Å². The number of halogens is 1. The van der Waals surface area contributed by atoms with Crippen molar-refractivity contribution in [1.82, 2.24) is 25.6 Å². The Labute approximate surface area is 230 Å². The zero-order chi connectivity index (χ0) is 27.8. The van der Waals surface area contributed by atoms with Gasteiger partial charge in [0.1, 0.15) is 4.88 Å². The van der Waals surface area contributed by atoms with Gasteiger partial charge in [-0.2, -0.15) is 0 Å². The van der Waals surface area contributed by atoms with Crippen molar-refractivity contribution in [2.75, 3.05) is 44.9 Å². The summed E-state index contributed by atoms with van der Waals surface area (Å²) in [4.78, 5) is 52.1. The molecule has 210 valence electrons. The number of piperidine rings is 1. The van der Waals surface area contributed by atoms with E-state index in [1.807, 2.05) is 18.7 Å². The van der Waals surface area contributed by atoms with Crippen molar-refractivity contribution in [3.8, 4) is 0 Å². The van der Waals surface area contributed by atoms with Crippen molar-refractivity contribution in [3.05, 3.63) is 27.2 Å². The molecule has 3 atom stereocenters. The third kappa shape index (κ3) is 7.22. The molecule has 0 saturated carbocycles. The number of imidazole rings is 1. The van der Waals surface area contributed by atoms with Crippen molar-refractivity contribution in [2.24, 2.45) is 0 Å². The van der Waals surface area contributed by atoms with Gasteiger partial charge < -0.3 is 34.7 Å². The van der Waals surface area contributed by atoms with E-state index in [1.165, 1.54) is 0 Å². The SMILES string of the molecule is CCOC(=O)c1sc(N2CCC(NC(=O)c3nc(Cl)c(CC)[nH]3)C(OCC)C2)nc1C(=O)NC(C)COC. The van der Waals surface area contributed by atoms with Crippen LogP contribution in [0.3, 0.4) is 0 Å². The molecule has 1 aliphatic heterocycles. The number of amides is 2. The van der Waals surface area contributed by atoms with Gasteiger partial charge in [-0.1, -0.05) is 29.9 Å². The fourth-order valence-corrected chi connectivity index (χ4v) is 5.38. The Morgan fingerprint density at radius 3 is 2.61 bits per heavy atom. The van der Waals surface area contributed by atoms with Crippen LogP contribution in [0, 0.1) is 0 Å². The van der Waals surface area contributed by atoms with E-state index in [9.17, 15) is 14.4 Å². The number of nitrogens with one attached hydrogen (secondary N) is 3. The Hall–Kier alpha value is -2.74. The molecule has 14 heteroatoms. The number of aromatic nitrogens is 3. The van der Waals surface area contributed by atoms with Crippen molar-refractivity contribution in [1.29, 1.82) is 0 Å². The van der Waals surface area contributed by atoms with Gasteiger partial charge in [0.05, 0.1) is 31.1 Å². The molecule has 2 amide bonds. The van der Waals surface area contributed by atoms with Crippen LogP contribution in [0.4, 0.5) is 5.13 Å². The summed E-state index contributed by atoms with van der Waals surface area (Å²) in [7, 11) is 1.54. The number of anilines is 1. The normalized spacial score (nSPS) is 18.2. The summed E-state index contributed by atoms with van der Waals surface area (Å²) >= 11 is 7.19. The summed E-state index contributed by atoms with van der Waals surface area (Å²) in [6.07, 6.45) is 0.820. The van der Waals surface area contributed by atoms with Crippen LogP contribution in [-0.4, -0.2) is 90.9 Å². The molecule has 0 bridgehead atoms. The van der Waals surface area contributed by atoms with Crippen molar-refractivity contribution in [3.63, 3.8) is 0 Å². The minimum absolute atomic E-state index is 0.0104. The molecule has 3 rings (SSSR count). The minimum atomic E-state index is -0.604. The lowest BCUT2D eigenvalue weighted by atomic mass is 10.0. The predicted molar refractivity (Wildman–Crippen MR) is 143 cm³/mol. The number of carbonyl (C=O) groups excluding carboxylic acids is 3. The first-order valence-corrected chi connectivity index (χ1v) is 13.8.